The molecule has 5 rings (SSSR count). The van der Waals surface area contributed by atoms with Crippen LogP contribution >= 0.6 is 22.7 Å². The summed E-state index contributed by atoms with van der Waals surface area (Å²) in [6, 6.07) is 11.1. The van der Waals surface area contributed by atoms with E-state index in [0.717, 1.165) is 22.7 Å². The van der Waals surface area contributed by atoms with Gasteiger partial charge in [0, 0.05) is 52.9 Å². The predicted octanol–water partition coefficient (Wildman–Crippen LogP) is 9.52. The van der Waals surface area contributed by atoms with Crippen molar-refractivity contribution in [1.82, 2.24) is 0 Å². The number of alkyl halides is 6. The van der Waals surface area contributed by atoms with Crippen LogP contribution in [0.2, 0.25) is 0 Å². The summed E-state index contributed by atoms with van der Waals surface area (Å²) in [5.41, 5.74) is -2.89. The molecule has 0 saturated carbocycles. The first kappa shape index (κ1) is 35.7. The number of ketones is 2. The molecule has 0 aliphatic heterocycles. The molecule has 2 heterocycles. The van der Waals surface area contributed by atoms with Gasteiger partial charge in [-0.2, -0.15) is 26.3 Å². The highest BCUT2D eigenvalue weighted by molar-refractivity contribution is 7.16. The molecule has 0 fully saturated rings. The number of hydrogen-bond donors (Lipinski definition) is 2. The molecule has 0 bridgehead atoms. The van der Waals surface area contributed by atoms with Crippen molar-refractivity contribution in [3.63, 3.8) is 0 Å². The third-order valence-electron chi connectivity index (χ3n) is 8.37. The molecule has 2 aromatic carbocycles. The van der Waals surface area contributed by atoms with Gasteiger partial charge in [-0.15, -0.1) is 22.7 Å². The third kappa shape index (κ3) is 5.80. The van der Waals surface area contributed by atoms with Crippen LogP contribution < -0.4 is 0 Å². The van der Waals surface area contributed by atoms with Crippen LogP contribution in [0.3, 0.4) is 0 Å². The highest BCUT2D eigenvalue weighted by Crippen LogP contribution is 2.67. The zero-order valence-corrected chi connectivity index (χ0v) is 27.8. The standard InChI is InChI=1S/C35H26F6O6S2/c1-15-27(17(3)48-31(15)21-9-5-19(6-10-21)23(42)13-25(44)45)29-30(34(38,39)35(40,41)33(29,36)37)28-16(2)32(49-18(28)4)22-11-7-20(8-12-22)24(43)14-26(46)47/h5-12H,13-14H2,1-4H3,(H,44,45)(H,46,47). The highest BCUT2D eigenvalue weighted by Gasteiger charge is 2.80. The van der Waals surface area contributed by atoms with Gasteiger partial charge in [-0.3, -0.25) is 19.2 Å². The minimum Gasteiger partial charge on any atom is -0.481 e. The quantitative estimate of drug-likeness (QED) is 0.0960. The topological polar surface area (TPSA) is 109 Å². The third-order valence-corrected chi connectivity index (χ3v) is 10.9. The number of carboxylic acids is 2. The molecule has 0 amide bonds. The first-order valence-corrected chi connectivity index (χ1v) is 16.2. The van der Waals surface area contributed by atoms with Crippen molar-refractivity contribution in [2.75, 3.05) is 0 Å². The summed E-state index contributed by atoms with van der Waals surface area (Å²) < 4.78 is 94.1. The number of carbonyl (C=O) groups excluding carboxylic acids is 2. The fourth-order valence-corrected chi connectivity index (χ4v) is 8.42. The zero-order valence-electron chi connectivity index (χ0n) is 26.1. The predicted molar refractivity (Wildman–Crippen MR) is 173 cm³/mol. The Morgan fingerprint density at radius 1 is 0.571 bits per heavy atom. The average molecular weight is 721 g/mol. The molecule has 256 valence electrons. The minimum atomic E-state index is -5.79. The summed E-state index contributed by atoms with van der Waals surface area (Å²) in [6.07, 6.45) is -1.51. The first-order valence-electron chi connectivity index (χ1n) is 14.5. The van der Waals surface area contributed by atoms with Crippen molar-refractivity contribution in [3.8, 4) is 20.9 Å². The number of allylic oxidation sites excluding steroid dienone is 2. The molecule has 0 saturated heterocycles. The second-order valence-corrected chi connectivity index (χ2v) is 14.0. The Bertz CT molecular complexity index is 1930. The molecule has 0 unspecified atom stereocenters. The van der Waals surface area contributed by atoms with Gasteiger partial charge in [0.2, 0.25) is 0 Å². The molecular weight excluding hydrogens is 695 g/mol. The number of benzene rings is 2. The van der Waals surface area contributed by atoms with Crippen LogP contribution in [-0.4, -0.2) is 51.5 Å². The van der Waals surface area contributed by atoms with E-state index in [1.807, 2.05) is 0 Å². The Labute approximate surface area is 283 Å². The van der Waals surface area contributed by atoms with Crippen molar-refractivity contribution < 1.29 is 55.7 Å². The summed E-state index contributed by atoms with van der Waals surface area (Å²) in [5, 5.41) is 17.8. The number of carbonyl (C=O) groups is 4. The highest BCUT2D eigenvalue weighted by atomic mass is 32.1. The van der Waals surface area contributed by atoms with E-state index in [0.29, 0.717) is 20.9 Å². The molecule has 14 heteroatoms. The van der Waals surface area contributed by atoms with Crippen molar-refractivity contribution in [2.45, 2.75) is 58.3 Å². The lowest BCUT2D eigenvalue weighted by Crippen LogP contribution is -2.49. The van der Waals surface area contributed by atoms with Crippen LogP contribution in [0.5, 0.6) is 0 Å². The van der Waals surface area contributed by atoms with Gasteiger partial charge < -0.3 is 10.2 Å². The van der Waals surface area contributed by atoms with Crippen LogP contribution in [0.1, 0.15) is 65.6 Å². The monoisotopic (exact) mass is 720 g/mol. The summed E-state index contributed by atoms with van der Waals surface area (Å²) in [5.74, 6) is -20.4. The number of thiophene rings is 2. The lowest BCUT2D eigenvalue weighted by molar-refractivity contribution is -0.254. The maximum Gasteiger partial charge on any atom is 0.380 e. The van der Waals surface area contributed by atoms with E-state index in [9.17, 15) is 19.2 Å². The van der Waals surface area contributed by atoms with Crippen molar-refractivity contribution in [2.24, 2.45) is 0 Å². The van der Waals surface area contributed by atoms with Gasteiger partial charge >= 0.3 is 29.7 Å². The Morgan fingerprint density at radius 2 is 0.878 bits per heavy atom. The van der Waals surface area contributed by atoms with Gasteiger partial charge in [0.15, 0.2) is 11.6 Å². The summed E-state index contributed by atoms with van der Waals surface area (Å²) in [4.78, 5) is 46.9. The molecule has 2 N–H and O–H groups in total. The van der Waals surface area contributed by atoms with E-state index in [1.54, 1.807) is 0 Å². The van der Waals surface area contributed by atoms with Crippen molar-refractivity contribution in [1.29, 1.82) is 0 Å². The molecule has 4 aromatic rings. The van der Waals surface area contributed by atoms with Gasteiger partial charge in [0.25, 0.3) is 0 Å². The average Bonchev–Trinajstić information content (AvgIpc) is 3.50. The SMILES string of the molecule is Cc1sc(-c2ccc(C(=O)CC(=O)O)cc2)c(C)c1C1=C(c2c(C)sc(-c3ccc(C(=O)CC(=O)O)cc3)c2C)C(F)(F)C(F)(F)C1(F)F. The van der Waals surface area contributed by atoms with Crippen molar-refractivity contribution in [3.05, 3.63) is 91.7 Å². The van der Waals surface area contributed by atoms with E-state index >= 15 is 26.3 Å². The number of aryl methyl sites for hydroxylation is 2. The van der Waals surface area contributed by atoms with Crippen molar-refractivity contribution >= 4 is 57.3 Å². The van der Waals surface area contributed by atoms with Gasteiger partial charge in [-0.25, -0.2) is 0 Å². The van der Waals surface area contributed by atoms with E-state index in [-0.39, 0.29) is 32.0 Å². The molecule has 0 radical (unpaired) electrons. The molecule has 6 nitrogen and oxygen atoms in total. The molecular formula is C35H26F6O6S2. The van der Waals surface area contributed by atoms with Gasteiger partial charge in [0.1, 0.15) is 12.8 Å². The van der Waals surface area contributed by atoms with Crippen LogP contribution in [0, 0.1) is 27.7 Å². The maximum atomic E-state index is 15.9. The van der Waals surface area contributed by atoms with E-state index in [1.165, 1.54) is 76.2 Å². The normalized spacial score (nSPS) is 16.2. The largest absolute Gasteiger partial charge is 0.481 e. The molecule has 2 aromatic heterocycles. The fourth-order valence-electron chi connectivity index (χ4n) is 6.08. The summed E-state index contributed by atoms with van der Waals surface area (Å²) in [6.45, 7) is 5.45. The molecule has 0 atom stereocenters. The Hall–Kier alpha value is -4.56. The second kappa shape index (κ2) is 12.4. The zero-order chi connectivity index (χ0) is 36.4. The van der Waals surface area contributed by atoms with Gasteiger partial charge in [-0.1, -0.05) is 48.5 Å². The smallest absolute Gasteiger partial charge is 0.380 e. The first-order chi connectivity index (χ1) is 22.7. The Kier molecular flexibility index (Phi) is 9.04. The number of halogens is 6. The van der Waals surface area contributed by atoms with E-state index < -0.39 is 76.4 Å². The molecule has 1 aliphatic carbocycles. The fraction of sp³-hybridized carbons (Fsp3) is 0.257. The van der Waals surface area contributed by atoms with E-state index in [4.69, 9.17) is 10.2 Å². The van der Waals surface area contributed by atoms with E-state index in [2.05, 4.69) is 0 Å². The molecule has 1 aliphatic rings. The van der Waals surface area contributed by atoms with Crippen LogP contribution in [0.4, 0.5) is 26.3 Å². The number of carboxylic acid groups (broad SMARTS) is 2. The number of hydrogen-bond acceptors (Lipinski definition) is 6. The maximum absolute atomic E-state index is 15.9. The van der Waals surface area contributed by atoms with Crippen LogP contribution in [-0.2, 0) is 9.59 Å². The lowest BCUT2D eigenvalue weighted by atomic mass is 9.89. The number of rotatable bonds is 10. The number of Topliss-reactive ketones (excluding diaryl/α,β-unsaturated/α-hetero) is 2. The Balaban J connectivity index is 1.68. The number of aliphatic carboxylic acids is 2. The molecule has 49 heavy (non-hydrogen) atoms. The Morgan fingerprint density at radius 3 is 1.16 bits per heavy atom. The summed E-state index contributed by atoms with van der Waals surface area (Å²) in [7, 11) is 0. The van der Waals surface area contributed by atoms with Crippen LogP contribution in [0.15, 0.2) is 48.5 Å². The second-order valence-electron chi connectivity index (χ2n) is 11.6. The van der Waals surface area contributed by atoms with Gasteiger partial charge in [-0.05, 0) is 49.9 Å². The van der Waals surface area contributed by atoms with Gasteiger partial charge in [0.05, 0.1) is 0 Å². The summed E-state index contributed by atoms with van der Waals surface area (Å²) >= 11 is 1.85. The minimum absolute atomic E-state index is 0.0418. The molecule has 0 spiro atoms. The lowest BCUT2D eigenvalue weighted by Gasteiger charge is -2.26. The van der Waals surface area contributed by atoms with Crippen LogP contribution in [0.25, 0.3) is 32.0 Å².